The average molecular weight is 231 g/mol. The van der Waals surface area contributed by atoms with Crippen molar-refractivity contribution in [2.24, 2.45) is 7.05 Å². The Morgan fingerprint density at radius 3 is 2.94 bits per heavy atom. The minimum Gasteiger partial charge on any atom is -0.353 e. The Hall–Kier alpha value is -1.78. The Balaban J connectivity index is 1.79. The third-order valence-corrected chi connectivity index (χ3v) is 3.08. The van der Waals surface area contributed by atoms with Crippen LogP contribution in [0.15, 0.2) is 18.6 Å². The zero-order valence-corrected chi connectivity index (χ0v) is 10.2. The molecule has 1 aliphatic rings. The quantitative estimate of drug-likeness (QED) is 0.868. The molecule has 2 aromatic heterocycles. The van der Waals surface area contributed by atoms with E-state index in [1.54, 1.807) is 0 Å². The third kappa shape index (κ3) is 2.18. The van der Waals surface area contributed by atoms with Gasteiger partial charge in [0.1, 0.15) is 0 Å². The van der Waals surface area contributed by atoms with Crippen LogP contribution >= 0.6 is 0 Å². The summed E-state index contributed by atoms with van der Waals surface area (Å²) in [5.74, 6) is 0.968. The van der Waals surface area contributed by atoms with Crippen molar-refractivity contribution in [3.05, 3.63) is 29.8 Å². The van der Waals surface area contributed by atoms with Crippen LogP contribution in [0.1, 0.15) is 24.1 Å². The van der Waals surface area contributed by atoms with E-state index in [0.29, 0.717) is 6.04 Å². The largest absolute Gasteiger partial charge is 0.353 e. The monoisotopic (exact) mass is 231 g/mol. The molecule has 2 heterocycles. The number of hydrogen-bond acceptors (Lipinski definition) is 3. The molecule has 0 saturated heterocycles. The highest BCUT2D eigenvalue weighted by molar-refractivity contribution is 5.31. The molecule has 1 N–H and O–H groups in total. The number of nitrogens with one attached hydrogen (secondary N) is 1. The summed E-state index contributed by atoms with van der Waals surface area (Å²) in [5.41, 5.74) is 2.32. The number of rotatable bonds is 4. The van der Waals surface area contributed by atoms with E-state index in [1.165, 1.54) is 18.4 Å². The number of aryl methyl sites for hydroxylation is 2. The second-order valence-electron chi connectivity index (χ2n) is 4.71. The fourth-order valence-corrected chi connectivity index (χ4v) is 1.97. The zero-order chi connectivity index (χ0) is 11.8. The van der Waals surface area contributed by atoms with Gasteiger partial charge in [0.2, 0.25) is 5.95 Å². The molecular weight excluding hydrogens is 214 g/mol. The maximum atomic E-state index is 4.36. The molecule has 0 aromatic carbocycles. The Bertz CT molecular complexity index is 521. The van der Waals surface area contributed by atoms with Gasteiger partial charge in [-0.3, -0.25) is 4.68 Å². The Morgan fingerprint density at radius 1 is 1.47 bits per heavy atom. The van der Waals surface area contributed by atoms with Gasteiger partial charge in [-0.1, -0.05) is 0 Å². The first-order valence-electron chi connectivity index (χ1n) is 5.99. The summed E-state index contributed by atoms with van der Waals surface area (Å²) in [7, 11) is 1.95. The molecule has 5 nitrogen and oxygen atoms in total. The highest BCUT2D eigenvalue weighted by Crippen LogP contribution is 2.24. The van der Waals surface area contributed by atoms with Gasteiger partial charge < -0.3 is 9.88 Å². The maximum absolute atomic E-state index is 4.36. The summed E-state index contributed by atoms with van der Waals surface area (Å²) in [6.45, 7) is 2.87. The first-order valence-corrected chi connectivity index (χ1v) is 5.99. The minimum absolute atomic E-state index is 0.631. The van der Waals surface area contributed by atoms with E-state index in [9.17, 15) is 0 Å². The summed E-state index contributed by atoms with van der Waals surface area (Å²) < 4.78 is 4.00. The van der Waals surface area contributed by atoms with E-state index in [0.717, 1.165) is 18.2 Å². The second kappa shape index (κ2) is 3.91. The molecule has 1 saturated carbocycles. The lowest BCUT2D eigenvalue weighted by molar-refractivity contribution is 0.755. The van der Waals surface area contributed by atoms with Crippen molar-refractivity contribution in [1.29, 1.82) is 0 Å². The van der Waals surface area contributed by atoms with Crippen molar-refractivity contribution in [2.75, 3.05) is 5.32 Å². The summed E-state index contributed by atoms with van der Waals surface area (Å²) in [4.78, 5) is 4.35. The molecule has 2 aromatic rings. The van der Waals surface area contributed by atoms with Crippen LogP contribution in [0, 0.1) is 6.92 Å². The molecule has 1 aliphatic carbocycles. The predicted molar refractivity (Wildman–Crippen MR) is 65.9 cm³/mol. The summed E-state index contributed by atoms with van der Waals surface area (Å²) in [6.07, 6.45) is 8.45. The van der Waals surface area contributed by atoms with Gasteiger partial charge >= 0.3 is 0 Å². The van der Waals surface area contributed by atoms with Gasteiger partial charge in [-0.25, -0.2) is 4.98 Å². The normalized spacial score (nSPS) is 15.2. The van der Waals surface area contributed by atoms with E-state index in [4.69, 9.17) is 0 Å². The van der Waals surface area contributed by atoms with Crippen LogP contribution in [0.2, 0.25) is 0 Å². The van der Waals surface area contributed by atoms with Crippen LogP contribution in [-0.2, 0) is 13.6 Å². The van der Waals surface area contributed by atoms with Crippen molar-refractivity contribution in [1.82, 2.24) is 19.3 Å². The lowest BCUT2D eigenvalue weighted by Gasteiger charge is -2.08. The van der Waals surface area contributed by atoms with Crippen molar-refractivity contribution >= 4 is 5.95 Å². The van der Waals surface area contributed by atoms with E-state index >= 15 is 0 Å². The first kappa shape index (κ1) is 10.4. The third-order valence-electron chi connectivity index (χ3n) is 3.08. The van der Waals surface area contributed by atoms with Crippen molar-refractivity contribution in [3.63, 3.8) is 0 Å². The fraction of sp³-hybridized carbons (Fsp3) is 0.500. The highest BCUT2D eigenvalue weighted by atomic mass is 15.3. The second-order valence-corrected chi connectivity index (χ2v) is 4.71. The van der Waals surface area contributed by atoms with Crippen LogP contribution in [0.4, 0.5) is 5.95 Å². The standard InChI is InChI=1S/C12H17N5/c1-9-10(7-16(2)15-9)8-17-6-5-13-12(17)14-11-3-4-11/h5-7,11H,3-4,8H2,1-2H3,(H,13,14). The van der Waals surface area contributed by atoms with Crippen LogP contribution in [0.25, 0.3) is 0 Å². The molecule has 0 radical (unpaired) electrons. The Kier molecular flexibility index (Phi) is 2.39. The highest BCUT2D eigenvalue weighted by Gasteiger charge is 2.22. The average Bonchev–Trinajstić information content (AvgIpc) is 2.89. The topological polar surface area (TPSA) is 47.7 Å². The molecule has 3 rings (SSSR count). The molecule has 17 heavy (non-hydrogen) atoms. The number of nitrogens with zero attached hydrogens (tertiary/aromatic N) is 4. The number of imidazole rings is 1. The molecule has 0 atom stereocenters. The van der Waals surface area contributed by atoms with Crippen molar-refractivity contribution in [3.8, 4) is 0 Å². The fourth-order valence-electron chi connectivity index (χ4n) is 1.97. The Labute approximate surface area is 100 Å². The summed E-state index contributed by atoms with van der Waals surface area (Å²) >= 11 is 0. The van der Waals surface area contributed by atoms with Gasteiger partial charge in [-0.05, 0) is 19.8 Å². The van der Waals surface area contributed by atoms with E-state index < -0.39 is 0 Å². The molecule has 0 bridgehead atoms. The summed E-state index contributed by atoms with van der Waals surface area (Å²) in [6, 6.07) is 0.631. The predicted octanol–water partition coefficient (Wildman–Crippen LogP) is 1.55. The molecular formula is C12H17N5. The van der Waals surface area contributed by atoms with E-state index in [2.05, 4.69) is 26.2 Å². The lowest BCUT2D eigenvalue weighted by Crippen LogP contribution is -2.09. The molecule has 0 aliphatic heterocycles. The molecule has 0 unspecified atom stereocenters. The number of anilines is 1. The van der Waals surface area contributed by atoms with E-state index in [1.807, 2.05) is 31.0 Å². The van der Waals surface area contributed by atoms with Crippen molar-refractivity contribution in [2.45, 2.75) is 32.4 Å². The van der Waals surface area contributed by atoms with Gasteiger partial charge in [-0.15, -0.1) is 0 Å². The van der Waals surface area contributed by atoms with Gasteiger partial charge in [0.05, 0.1) is 12.2 Å². The van der Waals surface area contributed by atoms with E-state index in [-0.39, 0.29) is 0 Å². The van der Waals surface area contributed by atoms with Crippen LogP contribution < -0.4 is 5.32 Å². The van der Waals surface area contributed by atoms with Gasteiger partial charge in [0.25, 0.3) is 0 Å². The first-order chi connectivity index (χ1) is 8.22. The van der Waals surface area contributed by atoms with Gasteiger partial charge in [0.15, 0.2) is 0 Å². The van der Waals surface area contributed by atoms with Crippen LogP contribution in [0.3, 0.4) is 0 Å². The Morgan fingerprint density at radius 2 is 2.29 bits per heavy atom. The minimum atomic E-state index is 0.631. The van der Waals surface area contributed by atoms with Gasteiger partial charge in [0, 0.05) is 37.2 Å². The van der Waals surface area contributed by atoms with Crippen molar-refractivity contribution < 1.29 is 0 Å². The molecule has 0 spiro atoms. The smallest absolute Gasteiger partial charge is 0.203 e. The molecule has 1 fully saturated rings. The lowest BCUT2D eigenvalue weighted by atomic mass is 10.2. The zero-order valence-electron chi connectivity index (χ0n) is 10.2. The van der Waals surface area contributed by atoms with Crippen LogP contribution in [-0.4, -0.2) is 25.4 Å². The van der Waals surface area contributed by atoms with Crippen LogP contribution in [0.5, 0.6) is 0 Å². The number of hydrogen-bond donors (Lipinski definition) is 1. The SMILES string of the molecule is Cc1nn(C)cc1Cn1ccnc1NC1CC1. The maximum Gasteiger partial charge on any atom is 0.203 e. The molecule has 90 valence electrons. The summed E-state index contributed by atoms with van der Waals surface area (Å²) in [5, 5.41) is 7.79. The molecule has 0 amide bonds. The number of aromatic nitrogens is 4. The van der Waals surface area contributed by atoms with Gasteiger partial charge in [-0.2, -0.15) is 5.10 Å². The molecule has 5 heteroatoms.